The van der Waals surface area contributed by atoms with Crippen LogP contribution in [0.25, 0.3) is 0 Å². The lowest BCUT2D eigenvalue weighted by molar-refractivity contribution is -0.137. The lowest BCUT2D eigenvalue weighted by atomic mass is 10.6. The van der Waals surface area contributed by atoms with Gasteiger partial charge in [0.05, 0.1) is 0 Å². The van der Waals surface area contributed by atoms with E-state index in [1.54, 1.807) is 0 Å². The molecular formula is C8H10O4S2. The summed E-state index contributed by atoms with van der Waals surface area (Å²) in [6.07, 6.45) is 2.17. The molecule has 0 fully saturated rings. The third kappa shape index (κ3) is 7.75. The summed E-state index contributed by atoms with van der Waals surface area (Å²) in [6, 6.07) is 0. The summed E-state index contributed by atoms with van der Waals surface area (Å²) in [5.41, 5.74) is 0. The molecule has 0 amide bonds. The molecule has 0 unspecified atom stereocenters. The second-order valence-electron chi connectivity index (χ2n) is 1.87. The van der Waals surface area contributed by atoms with Crippen molar-refractivity contribution in [1.29, 1.82) is 0 Å². The molecular weight excluding hydrogens is 224 g/mol. The number of ether oxygens (including phenoxy) is 1. The predicted octanol–water partition coefficient (Wildman–Crippen LogP) is 1.74. The first-order chi connectivity index (χ1) is 6.70. The average molecular weight is 234 g/mol. The van der Waals surface area contributed by atoms with Crippen molar-refractivity contribution in [3.05, 3.63) is 25.3 Å². The first-order valence-corrected chi connectivity index (χ1v) is 5.87. The van der Waals surface area contributed by atoms with Gasteiger partial charge in [0.1, 0.15) is 17.7 Å². The Morgan fingerprint density at radius 3 is 2.43 bits per heavy atom. The molecule has 0 aliphatic rings. The highest BCUT2D eigenvalue weighted by Gasteiger charge is 1.99. The molecule has 0 radical (unpaired) electrons. The van der Waals surface area contributed by atoms with E-state index in [9.17, 15) is 9.59 Å². The molecule has 0 saturated carbocycles. The van der Waals surface area contributed by atoms with Crippen molar-refractivity contribution in [1.82, 2.24) is 0 Å². The molecule has 0 aromatic heterocycles. The highest BCUT2D eigenvalue weighted by molar-refractivity contribution is 8.75. The summed E-state index contributed by atoms with van der Waals surface area (Å²) in [7, 11) is 1.26. The zero-order valence-corrected chi connectivity index (χ0v) is 9.07. The zero-order valence-electron chi connectivity index (χ0n) is 7.43. The molecule has 0 bridgehead atoms. The van der Waals surface area contributed by atoms with E-state index in [1.165, 1.54) is 10.8 Å². The summed E-state index contributed by atoms with van der Waals surface area (Å²) in [6.45, 7) is 6.73. The second-order valence-corrected chi connectivity index (χ2v) is 3.93. The number of rotatable bonds is 7. The molecule has 0 atom stereocenters. The maximum absolute atomic E-state index is 10.5. The topological polar surface area (TPSA) is 52.6 Å². The molecule has 0 aliphatic heterocycles. The van der Waals surface area contributed by atoms with Gasteiger partial charge in [0.25, 0.3) is 0 Å². The zero-order chi connectivity index (χ0) is 10.8. The number of carbonyl (C=O) groups excluding carboxylic acids is 2. The lowest BCUT2D eigenvalue weighted by Gasteiger charge is -2.00. The smallest absolute Gasteiger partial charge is 0.343 e. The Balaban J connectivity index is 3.21. The summed E-state index contributed by atoms with van der Waals surface area (Å²) in [5.74, 6) is -0.418. The Morgan fingerprint density at radius 2 is 1.86 bits per heavy atom. The van der Waals surface area contributed by atoms with E-state index in [0.29, 0.717) is 5.75 Å². The van der Waals surface area contributed by atoms with Crippen molar-refractivity contribution in [3.63, 3.8) is 0 Å². The van der Waals surface area contributed by atoms with Gasteiger partial charge in [0, 0.05) is 17.9 Å². The van der Waals surface area contributed by atoms with Gasteiger partial charge in [0.15, 0.2) is 0 Å². The number of hydrogen-bond donors (Lipinski definition) is 0. The Hall–Kier alpha value is -0.880. The summed E-state index contributed by atoms with van der Waals surface area (Å²) >= 11 is 0.924. The average Bonchev–Trinajstić information content (AvgIpc) is 2.22. The fourth-order valence-corrected chi connectivity index (χ4v) is 1.52. The fourth-order valence-electron chi connectivity index (χ4n) is 0.361. The Morgan fingerprint density at radius 1 is 1.21 bits per heavy atom. The van der Waals surface area contributed by atoms with E-state index in [-0.39, 0.29) is 6.61 Å². The summed E-state index contributed by atoms with van der Waals surface area (Å²) in [4.78, 5) is 21.1. The van der Waals surface area contributed by atoms with Crippen molar-refractivity contribution in [2.45, 2.75) is 0 Å². The lowest BCUT2D eigenvalue weighted by Crippen LogP contribution is -2.03. The minimum Gasteiger partial charge on any atom is -0.462 e. The van der Waals surface area contributed by atoms with Gasteiger partial charge < -0.3 is 8.92 Å². The number of carbonyl (C=O) groups is 2. The molecule has 78 valence electrons. The van der Waals surface area contributed by atoms with Gasteiger partial charge in [-0.15, -0.1) is 0 Å². The van der Waals surface area contributed by atoms with Crippen molar-refractivity contribution in [2.24, 2.45) is 0 Å². The first-order valence-electron chi connectivity index (χ1n) is 3.62. The van der Waals surface area contributed by atoms with Gasteiger partial charge in [-0.2, -0.15) is 0 Å². The van der Waals surface area contributed by atoms with Crippen molar-refractivity contribution >= 4 is 33.8 Å². The van der Waals surface area contributed by atoms with E-state index in [2.05, 4.69) is 22.1 Å². The van der Waals surface area contributed by atoms with Crippen LogP contribution in [0.5, 0.6) is 0 Å². The molecule has 0 rings (SSSR count). The van der Waals surface area contributed by atoms with Gasteiger partial charge in [0.2, 0.25) is 0 Å². The standard InChI is InChI=1S/C8H10O4S2/c1-3-7(9)11-5-6-13-14-12-8(10)4-2/h3-4H,1-2,5-6H2. The van der Waals surface area contributed by atoms with Crippen LogP contribution in [-0.4, -0.2) is 24.3 Å². The quantitative estimate of drug-likeness (QED) is 0.220. The van der Waals surface area contributed by atoms with Crippen molar-refractivity contribution < 1.29 is 18.5 Å². The molecule has 0 N–H and O–H groups in total. The summed E-state index contributed by atoms with van der Waals surface area (Å²) in [5, 5.41) is 0. The van der Waals surface area contributed by atoms with E-state index >= 15 is 0 Å². The van der Waals surface area contributed by atoms with Crippen LogP contribution in [0.15, 0.2) is 25.3 Å². The van der Waals surface area contributed by atoms with Crippen molar-refractivity contribution in [3.8, 4) is 0 Å². The highest BCUT2D eigenvalue weighted by Crippen LogP contribution is 2.21. The van der Waals surface area contributed by atoms with Crippen molar-refractivity contribution in [2.75, 3.05) is 12.4 Å². The van der Waals surface area contributed by atoms with E-state index in [1.807, 2.05) is 0 Å². The normalized spacial score (nSPS) is 8.86. The van der Waals surface area contributed by atoms with E-state index in [4.69, 9.17) is 0 Å². The molecule has 0 heterocycles. The molecule has 4 nitrogen and oxygen atoms in total. The molecule has 0 aromatic carbocycles. The van der Waals surface area contributed by atoms with Crippen LogP contribution in [0.4, 0.5) is 0 Å². The minimum absolute atomic E-state index is 0.258. The predicted molar refractivity (Wildman–Crippen MR) is 57.5 cm³/mol. The molecule has 0 saturated heterocycles. The largest absolute Gasteiger partial charge is 0.462 e. The highest BCUT2D eigenvalue weighted by atomic mass is 33.1. The second kappa shape index (κ2) is 8.71. The Kier molecular flexibility index (Phi) is 8.16. The van der Waals surface area contributed by atoms with Crippen LogP contribution in [0, 0.1) is 0 Å². The third-order valence-corrected chi connectivity index (χ3v) is 2.56. The van der Waals surface area contributed by atoms with E-state index in [0.717, 1.165) is 23.2 Å². The van der Waals surface area contributed by atoms with Crippen LogP contribution >= 0.6 is 21.9 Å². The van der Waals surface area contributed by atoms with Gasteiger partial charge in [-0.1, -0.05) is 13.2 Å². The van der Waals surface area contributed by atoms with Gasteiger partial charge in [-0.3, -0.25) is 0 Å². The van der Waals surface area contributed by atoms with Crippen LogP contribution in [0.1, 0.15) is 0 Å². The third-order valence-electron chi connectivity index (χ3n) is 0.909. The van der Waals surface area contributed by atoms with Gasteiger partial charge in [-0.05, 0) is 10.8 Å². The molecule has 0 aromatic rings. The SMILES string of the molecule is C=CC(=O)OCCSSOC(=O)C=C. The first kappa shape index (κ1) is 13.1. The van der Waals surface area contributed by atoms with E-state index < -0.39 is 11.9 Å². The Labute approximate surface area is 90.3 Å². The van der Waals surface area contributed by atoms with Gasteiger partial charge in [-0.25, -0.2) is 9.59 Å². The minimum atomic E-state index is -0.495. The molecule has 14 heavy (non-hydrogen) atoms. The van der Waals surface area contributed by atoms with Crippen LogP contribution in [0.2, 0.25) is 0 Å². The maximum atomic E-state index is 10.5. The van der Waals surface area contributed by atoms with Crippen LogP contribution in [-0.2, 0) is 18.5 Å². The summed E-state index contributed by atoms with van der Waals surface area (Å²) < 4.78 is 9.26. The van der Waals surface area contributed by atoms with Crippen LogP contribution < -0.4 is 0 Å². The van der Waals surface area contributed by atoms with Gasteiger partial charge >= 0.3 is 11.9 Å². The number of esters is 1. The maximum Gasteiger partial charge on any atom is 0.343 e. The Bertz CT molecular complexity index is 203. The molecule has 0 aliphatic carbocycles. The molecule has 6 heteroatoms. The molecule has 0 spiro atoms. The number of hydrogen-bond acceptors (Lipinski definition) is 6. The van der Waals surface area contributed by atoms with Crippen LogP contribution in [0.3, 0.4) is 0 Å². The fraction of sp³-hybridized carbons (Fsp3) is 0.250. The monoisotopic (exact) mass is 234 g/mol.